The third-order valence-electron chi connectivity index (χ3n) is 4.29. The number of hydrogen-bond acceptors (Lipinski definition) is 2. The van der Waals surface area contributed by atoms with Crippen LogP contribution in [0, 0.1) is 0 Å². The van der Waals surface area contributed by atoms with Crippen LogP contribution in [-0.4, -0.2) is 37.0 Å². The van der Waals surface area contributed by atoms with Crippen LogP contribution in [-0.2, 0) is 11.2 Å². The Morgan fingerprint density at radius 3 is 2.22 bits per heavy atom. The molecule has 0 bridgehead atoms. The third kappa shape index (κ3) is 4.26. The summed E-state index contributed by atoms with van der Waals surface area (Å²) >= 11 is 5.88. The number of halogens is 1. The largest absolute Gasteiger partial charge is 0.368 e. The van der Waals surface area contributed by atoms with E-state index in [2.05, 4.69) is 29.2 Å². The van der Waals surface area contributed by atoms with Gasteiger partial charge in [0.05, 0.1) is 0 Å². The summed E-state index contributed by atoms with van der Waals surface area (Å²) in [6.07, 6.45) is 1.34. The first-order chi connectivity index (χ1) is 11.2. The maximum absolute atomic E-state index is 12.4. The number of anilines is 1. The lowest BCUT2D eigenvalue weighted by atomic mass is 10.1. The summed E-state index contributed by atoms with van der Waals surface area (Å²) in [6.45, 7) is 3.40. The van der Waals surface area contributed by atoms with Gasteiger partial charge in [0, 0.05) is 43.3 Å². The number of benzene rings is 2. The molecule has 4 heteroatoms. The minimum absolute atomic E-state index is 0.243. The van der Waals surface area contributed by atoms with Crippen LogP contribution in [0.5, 0.6) is 0 Å². The van der Waals surface area contributed by atoms with E-state index < -0.39 is 0 Å². The first kappa shape index (κ1) is 15.9. The minimum Gasteiger partial charge on any atom is -0.368 e. The van der Waals surface area contributed by atoms with Crippen LogP contribution in [0.15, 0.2) is 54.6 Å². The molecule has 1 fully saturated rings. The fourth-order valence-corrected chi connectivity index (χ4v) is 3.04. The first-order valence-corrected chi connectivity index (χ1v) is 8.42. The zero-order valence-electron chi connectivity index (χ0n) is 13.1. The minimum atomic E-state index is 0.243. The molecule has 0 N–H and O–H groups in total. The molecule has 3 nitrogen and oxygen atoms in total. The Labute approximate surface area is 142 Å². The summed E-state index contributed by atoms with van der Waals surface area (Å²) < 4.78 is 0. The molecule has 0 atom stereocenters. The number of piperazine rings is 1. The highest BCUT2D eigenvalue weighted by molar-refractivity contribution is 6.30. The van der Waals surface area contributed by atoms with Crippen molar-refractivity contribution in [3.05, 3.63) is 65.2 Å². The van der Waals surface area contributed by atoms with Gasteiger partial charge in [0.1, 0.15) is 0 Å². The Bertz CT molecular complexity index is 634. The van der Waals surface area contributed by atoms with Crippen molar-refractivity contribution in [1.29, 1.82) is 0 Å². The second kappa shape index (κ2) is 7.51. The van der Waals surface area contributed by atoms with E-state index in [9.17, 15) is 4.79 Å². The Morgan fingerprint density at radius 2 is 1.57 bits per heavy atom. The fraction of sp³-hybridized carbons (Fsp3) is 0.316. The molecule has 0 radical (unpaired) electrons. The Hall–Kier alpha value is -2.00. The van der Waals surface area contributed by atoms with Gasteiger partial charge in [-0.25, -0.2) is 0 Å². The highest BCUT2D eigenvalue weighted by Crippen LogP contribution is 2.16. The van der Waals surface area contributed by atoms with Crippen LogP contribution in [0.25, 0.3) is 0 Å². The average molecular weight is 329 g/mol. The van der Waals surface area contributed by atoms with Gasteiger partial charge in [-0.1, -0.05) is 41.9 Å². The molecule has 0 saturated carbocycles. The summed E-state index contributed by atoms with van der Waals surface area (Å²) in [4.78, 5) is 16.7. The normalized spacial score (nSPS) is 14.8. The van der Waals surface area contributed by atoms with E-state index in [-0.39, 0.29) is 5.91 Å². The van der Waals surface area contributed by atoms with Crippen molar-refractivity contribution in [2.75, 3.05) is 31.1 Å². The second-order valence-corrected chi connectivity index (χ2v) is 6.27. The highest BCUT2D eigenvalue weighted by atomic mass is 35.5. The highest BCUT2D eigenvalue weighted by Gasteiger charge is 2.20. The summed E-state index contributed by atoms with van der Waals surface area (Å²) in [7, 11) is 0. The van der Waals surface area contributed by atoms with E-state index in [1.54, 1.807) is 0 Å². The number of para-hydroxylation sites is 1. The van der Waals surface area contributed by atoms with E-state index in [1.807, 2.05) is 35.2 Å². The van der Waals surface area contributed by atoms with Gasteiger partial charge in [-0.3, -0.25) is 4.79 Å². The predicted octanol–water partition coefficient (Wildman–Crippen LogP) is 3.62. The summed E-state index contributed by atoms with van der Waals surface area (Å²) in [5, 5.41) is 0.733. The van der Waals surface area contributed by atoms with Gasteiger partial charge < -0.3 is 9.80 Å². The smallest absolute Gasteiger partial charge is 0.223 e. The molecule has 23 heavy (non-hydrogen) atoms. The van der Waals surface area contributed by atoms with Crippen LogP contribution in [0.3, 0.4) is 0 Å². The SMILES string of the molecule is O=C(CCc1ccc(Cl)cc1)N1CCN(c2ccccc2)CC1. The number of nitrogens with zero attached hydrogens (tertiary/aromatic N) is 2. The molecular weight excluding hydrogens is 308 g/mol. The van der Waals surface area contributed by atoms with Gasteiger partial charge in [0.15, 0.2) is 0 Å². The summed E-state index contributed by atoms with van der Waals surface area (Å²) in [6, 6.07) is 18.1. The van der Waals surface area contributed by atoms with Gasteiger partial charge in [0.25, 0.3) is 0 Å². The molecule has 2 aromatic rings. The quantitative estimate of drug-likeness (QED) is 0.855. The Balaban J connectivity index is 1.47. The zero-order chi connectivity index (χ0) is 16.1. The fourth-order valence-electron chi connectivity index (χ4n) is 2.91. The second-order valence-electron chi connectivity index (χ2n) is 5.83. The molecule has 1 amide bonds. The van der Waals surface area contributed by atoms with Gasteiger partial charge in [0.2, 0.25) is 5.91 Å². The van der Waals surface area contributed by atoms with E-state index in [1.165, 1.54) is 5.69 Å². The Kier molecular flexibility index (Phi) is 5.19. The number of amides is 1. The van der Waals surface area contributed by atoms with Crippen LogP contribution in [0.2, 0.25) is 5.02 Å². The van der Waals surface area contributed by atoms with Crippen LogP contribution < -0.4 is 4.90 Å². The van der Waals surface area contributed by atoms with Gasteiger partial charge in [-0.05, 0) is 36.2 Å². The van der Waals surface area contributed by atoms with Gasteiger partial charge in [-0.15, -0.1) is 0 Å². The lowest BCUT2D eigenvalue weighted by Gasteiger charge is -2.36. The summed E-state index contributed by atoms with van der Waals surface area (Å²) in [5.74, 6) is 0.243. The molecule has 1 saturated heterocycles. The molecule has 1 aliphatic rings. The van der Waals surface area contributed by atoms with Crippen LogP contribution in [0.4, 0.5) is 5.69 Å². The van der Waals surface area contributed by atoms with E-state index >= 15 is 0 Å². The first-order valence-electron chi connectivity index (χ1n) is 8.04. The van der Waals surface area contributed by atoms with Crippen molar-refractivity contribution >= 4 is 23.2 Å². The van der Waals surface area contributed by atoms with Gasteiger partial charge in [-0.2, -0.15) is 0 Å². The van der Waals surface area contributed by atoms with Crippen LogP contribution >= 0.6 is 11.6 Å². The molecule has 3 rings (SSSR count). The molecule has 0 spiro atoms. The van der Waals surface area contributed by atoms with E-state index in [4.69, 9.17) is 11.6 Å². The van der Waals surface area contributed by atoms with E-state index in [0.717, 1.165) is 43.2 Å². The number of hydrogen-bond donors (Lipinski definition) is 0. The van der Waals surface area contributed by atoms with Crippen molar-refractivity contribution in [3.63, 3.8) is 0 Å². The van der Waals surface area contributed by atoms with E-state index in [0.29, 0.717) is 6.42 Å². The van der Waals surface area contributed by atoms with Gasteiger partial charge >= 0.3 is 0 Å². The Morgan fingerprint density at radius 1 is 0.913 bits per heavy atom. The number of rotatable bonds is 4. The number of aryl methyl sites for hydroxylation is 1. The molecule has 0 unspecified atom stereocenters. The van der Waals surface area contributed by atoms with Crippen molar-refractivity contribution in [2.24, 2.45) is 0 Å². The van der Waals surface area contributed by atoms with Crippen LogP contribution in [0.1, 0.15) is 12.0 Å². The lowest BCUT2D eigenvalue weighted by molar-refractivity contribution is -0.131. The monoisotopic (exact) mass is 328 g/mol. The standard InChI is InChI=1S/C19H21ClN2O/c20-17-9-6-16(7-10-17)8-11-19(23)22-14-12-21(13-15-22)18-4-2-1-3-5-18/h1-7,9-10H,8,11-15H2. The predicted molar refractivity (Wildman–Crippen MR) is 95.0 cm³/mol. The third-order valence-corrected chi connectivity index (χ3v) is 4.55. The molecular formula is C19H21ClN2O. The maximum atomic E-state index is 12.4. The van der Waals surface area contributed by atoms with Crippen molar-refractivity contribution in [1.82, 2.24) is 4.90 Å². The van der Waals surface area contributed by atoms with Crippen molar-refractivity contribution < 1.29 is 4.79 Å². The lowest BCUT2D eigenvalue weighted by Crippen LogP contribution is -2.48. The zero-order valence-corrected chi connectivity index (χ0v) is 13.9. The number of carbonyl (C=O) groups is 1. The average Bonchev–Trinajstić information content (AvgIpc) is 2.62. The molecule has 120 valence electrons. The molecule has 1 heterocycles. The van der Waals surface area contributed by atoms with Crippen molar-refractivity contribution in [3.8, 4) is 0 Å². The molecule has 0 aliphatic carbocycles. The molecule has 2 aromatic carbocycles. The molecule has 0 aromatic heterocycles. The maximum Gasteiger partial charge on any atom is 0.223 e. The molecule has 1 aliphatic heterocycles. The number of carbonyl (C=O) groups excluding carboxylic acids is 1. The summed E-state index contributed by atoms with van der Waals surface area (Å²) in [5.41, 5.74) is 2.39. The van der Waals surface area contributed by atoms with Crippen molar-refractivity contribution in [2.45, 2.75) is 12.8 Å². The topological polar surface area (TPSA) is 23.6 Å².